The number of nitrogens with two attached hydrogens (primary N) is 1. The lowest BCUT2D eigenvalue weighted by molar-refractivity contribution is -0.718. The number of hydrogen-bond acceptors (Lipinski definition) is 1. The van der Waals surface area contributed by atoms with Gasteiger partial charge in [-0.3, -0.25) is 0 Å². The summed E-state index contributed by atoms with van der Waals surface area (Å²) < 4.78 is 6.05. The van der Waals surface area contributed by atoms with Crippen molar-refractivity contribution < 1.29 is 22.5 Å². The zero-order valence-corrected chi connectivity index (χ0v) is 23.9. The van der Waals surface area contributed by atoms with Crippen molar-refractivity contribution in [2.24, 2.45) is 0 Å². The SMILES string of the molecule is CCCCCCCCCCCCCCCC1OC1(C)[NH2+]CCCCCCCCCCCC.[Cl-]. The van der Waals surface area contributed by atoms with Crippen molar-refractivity contribution in [2.75, 3.05) is 6.54 Å². The lowest BCUT2D eigenvalue weighted by Crippen LogP contribution is -3.00. The molecule has 0 radical (unpaired) electrons. The van der Waals surface area contributed by atoms with Gasteiger partial charge in [0.2, 0.25) is 5.72 Å². The first-order chi connectivity index (χ1) is 15.7. The summed E-state index contributed by atoms with van der Waals surface area (Å²) in [4.78, 5) is 0. The predicted octanol–water partition coefficient (Wildman–Crippen LogP) is 6.07. The lowest BCUT2D eigenvalue weighted by atomic mass is 10.0. The summed E-state index contributed by atoms with van der Waals surface area (Å²) in [6.07, 6.45) is 34.8. The molecule has 1 rings (SSSR count). The molecular weight excluding hydrogens is 426 g/mol. The lowest BCUT2D eigenvalue weighted by Gasteiger charge is -2.07. The molecule has 0 aromatic carbocycles. The summed E-state index contributed by atoms with van der Waals surface area (Å²) in [6.45, 7) is 8.17. The average Bonchev–Trinajstić information content (AvgIpc) is 3.44. The van der Waals surface area contributed by atoms with Crippen molar-refractivity contribution in [1.29, 1.82) is 0 Å². The number of rotatable bonds is 26. The largest absolute Gasteiger partial charge is 1.00 e. The fraction of sp³-hybridized carbons (Fsp3) is 1.00. The summed E-state index contributed by atoms with van der Waals surface area (Å²) >= 11 is 0. The maximum atomic E-state index is 6.05. The molecule has 0 aliphatic carbocycles. The van der Waals surface area contributed by atoms with E-state index in [0.717, 1.165) is 0 Å². The van der Waals surface area contributed by atoms with Gasteiger partial charge >= 0.3 is 0 Å². The van der Waals surface area contributed by atoms with E-state index in [-0.39, 0.29) is 18.1 Å². The van der Waals surface area contributed by atoms with Gasteiger partial charge in [0.1, 0.15) is 6.10 Å². The van der Waals surface area contributed by atoms with Gasteiger partial charge in [-0.2, -0.15) is 0 Å². The zero-order valence-electron chi connectivity index (χ0n) is 23.1. The van der Waals surface area contributed by atoms with Gasteiger partial charge < -0.3 is 22.5 Å². The Morgan fingerprint density at radius 2 is 0.848 bits per heavy atom. The van der Waals surface area contributed by atoms with E-state index in [1.54, 1.807) is 0 Å². The Balaban J connectivity index is 0.0000102. The van der Waals surface area contributed by atoms with Crippen LogP contribution in [0.5, 0.6) is 0 Å². The second kappa shape index (κ2) is 23.9. The normalized spacial score (nSPS) is 19.5. The van der Waals surface area contributed by atoms with Gasteiger partial charge in [-0.25, -0.2) is 0 Å². The fourth-order valence-electron chi connectivity index (χ4n) is 5.17. The summed E-state index contributed by atoms with van der Waals surface area (Å²) in [5.41, 5.74) is 0.121. The van der Waals surface area contributed by atoms with Crippen LogP contribution in [0, 0.1) is 0 Å². The van der Waals surface area contributed by atoms with Crippen molar-refractivity contribution >= 4 is 0 Å². The van der Waals surface area contributed by atoms with Gasteiger partial charge in [-0.05, 0) is 19.3 Å². The first-order valence-electron chi connectivity index (χ1n) is 15.2. The molecule has 33 heavy (non-hydrogen) atoms. The minimum atomic E-state index is 0. The minimum Gasteiger partial charge on any atom is -1.00 e. The van der Waals surface area contributed by atoms with Crippen LogP contribution in [0.3, 0.4) is 0 Å². The van der Waals surface area contributed by atoms with Gasteiger partial charge in [-0.15, -0.1) is 0 Å². The minimum absolute atomic E-state index is 0. The van der Waals surface area contributed by atoms with E-state index in [9.17, 15) is 0 Å². The number of ether oxygens (including phenoxy) is 1. The number of hydrogen-bond donors (Lipinski definition) is 1. The molecule has 2 unspecified atom stereocenters. The third-order valence-electron chi connectivity index (χ3n) is 7.66. The van der Waals surface area contributed by atoms with E-state index in [4.69, 9.17) is 4.74 Å². The highest BCUT2D eigenvalue weighted by Gasteiger charge is 2.55. The summed E-state index contributed by atoms with van der Waals surface area (Å²) in [6, 6.07) is 0. The molecule has 1 saturated heterocycles. The maximum Gasteiger partial charge on any atom is 0.224 e. The molecular formula is C30H62ClNO. The molecule has 0 amide bonds. The van der Waals surface area contributed by atoms with E-state index < -0.39 is 0 Å². The summed E-state index contributed by atoms with van der Waals surface area (Å²) in [5.74, 6) is 0. The standard InChI is InChI=1S/C30H61NO.ClH/c1-4-6-8-10-12-14-16-17-18-19-21-23-25-27-29-30(3,32-29)31-28-26-24-22-20-15-13-11-9-7-5-2;/h29,31H,4-28H2,1-3H3;1H. The fourth-order valence-corrected chi connectivity index (χ4v) is 5.17. The molecule has 1 fully saturated rings. The van der Waals surface area contributed by atoms with Crippen LogP contribution in [0.2, 0.25) is 0 Å². The predicted molar refractivity (Wildman–Crippen MR) is 142 cm³/mol. The van der Waals surface area contributed by atoms with Gasteiger partial charge in [0, 0.05) is 6.92 Å². The molecule has 0 aromatic heterocycles. The number of unbranched alkanes of at least 4 members (excludes halogenated alkanes) is 21. The molecule has 2 nitrogen and oxygen atoms in total. The molecule has 0 bridgehead atoms. The van der Waals surface area contributed by atoms with Crippen LogP contribution < -0.4 is 17.7 Å². The van der Waals surface area contributed by atoms with E-state index in [0.29, 0.717) is 6.10 Å². The average molecular weight is 488 g/mol. The van der Waals surface area contributed by atoms with E-state index in [2.05, 4.69) is 26.1 Å². The molecule has 0 spiro atoms. The molecule has 3 heteroatoms. The van der Waals surface area contributed by atoms with Crippen LogP contribution in [-0.2, 0) is 4.74 Å². The molecule has 1 aliphatic heterocycles. The third kappa shape index (κ3) is 20.1. The summed E-state index contributed by atoms with van der Waals surface area (Å²) in [5, 5.41) is 2.49. The highest BCUT2D eigenvalue weighted by Crippen LogP contribution is 2.33. The quantitative estimate of drug-likeness (QED) is 0.116. The van der Waals surface area contributed by atoms with Crippen molar-refractivity contribution in [3.8, 4) is 0 Å². The number of epoxide rings is 1. The van der Waals surface area contributed by atoms with Crippen LogP contribution in [0.15, 0.2) is 0 Å². The van der Waals surface area contributed by atoms with Gasteiger partial charge in [-0.1, -0.05) is 149 Å². The van der Waals surface area contributed by atoms with E-state index >= 15 is 0 Å². The highest BCUT2D eigenvalue weighted by molar-refractivity contribution is 4.87. The van der Waals surface area contributed by atoms with E-state index in [1.165, 1.54) is 161 Å². The van der Waals surface area contributed by atoms with Gasteiger partial charge in [0.15, 0.2) is 0 Å². The van der Waals surface area contributed by atoms with Crippen LogP contribution in [0.4, 0.5) is 0 Å². The Hall–Kier alpha value is 0.210. The highest BCUT2D eigenvalue weighted by atomic mass is 35.5. The summed E-state index contributed by atoms with van der Waals surface area (Å²) in [7, 11) is 0. The first kappa shape index (κ1) is 33.2. The van der Waals surface area contributed by atoms with Crippen LogP contribution in [0.1, 0.15) is 175 Å². The molecule has 200 valence electrons. The van der Waals surface area contributed by atoms with Crippen LogP contribution >= 0.6 is 0 Å². The topological polar surface area (TPSA) is 29.1 Å². The molecule has 0 saturated carbocycles. The van der Waals surface area contributed by atoms with Crippen molar-refractivity contribution in [2.45, 2.75) is 187 Å². The first-order valence-corrected chi connectivity index (χ1v) is 15.2. The molecule has 0 aromatic rings. The molecule has 1 aliphatic rings. The molecule has 2 N–H and O–H groups in total. The third-order valence-corrected chi connectivity index (χ3v) is 7.66. The van der Waals surface area contributed by atoms with Crippen LogP contribution in [0.25, 0.3) is 0 Å². The van der Waals surface area contributed by atoms with Crippen molar-refractivity contribution in [1.82, 2.24) is 0 Å². The maximum absolute atomic E-state index is 6.05. The number of quaternary nitrogens is 1. The van der Waals surface area contributed by atoms with Crippen LogP contribution in [-0.4, -0.2) is 18.4 Å². The second-order valence-corrected chi connectivity index (χ2v) is 11.0. The van der Waals surface area contributed by atoms with Gasteiger partial charge in [0.05, 0.1) is 6.54 Å². The second-order valence-electron chi connectivity index (χ2n) is 11.0. The molecule has 1 heterocycles. The Morgan fingerprint density at radius 1 is 0.515 bits per heavy atom. The smallest absolute Gasteiger partial charge is 0.224 e. The Bertz CT molecular complexity index is 391. The van der Waals surface area contributed by atoms with Crippen molar-refractivity contribution in [3.05, 3.63) is 0 Å². The van der Waals surface area contributed by atoms with E-state index in [1.807, 2.05) is 0 Å². The Labute approximate surface area is 215 Å². The Morgan fingerprint density at radius 3 is 1.24 bits per heavy atom. The van der Waals surface area contributed by atoms with Gasteiger partial charge in [0.25, 0.3) is 0 Å². The monoisotopic (exact) mass is 487 g/mol. The number of halogens is 1. The Kier molecular flexibility index (Phi) is 24.1. The van der Waals surface area contributed by atoms with Crippen molar-refractivity contribution in [3.63, 3.8) is 0 Å². The molecule has 2 atom stereocenters. The zero-order chi connectivity index (χ0) is 23.2.